The molecule has 0 amide bonds. The molecular weight excluding hydrogens is 380 g/mol. The summed E-state index contributed by atoms with van der Waals surface area (Å²) in [5, 5.41) is 19.8. The van der Waals surface area contributed by atoms with Crippen LogP contribution in [0.5, 0.6) is 0 Å². The van der Waals surface area contributed by atoms with Crippen molar-refractivity contribution in [3.05, 3.63) is 69.8 Å². The van der Waals surface area contributed by atoms with Crippen molar-refractivity contribution in [3.63, 3.8) is 0 Å². The van der Waals surface area contributed by atoms with E-state index in [2.05, 4.69) is 0 Å². The van der Waals surface area contributed by atoms with E-state index in [0.717, 1.165) is 0 Å². The van der Waals surface area contributed by atoms with Crippen LogP contribution in [0.25, 0.3) is 0 Å². The molecule has 0 unspecified atom stereocenters. The predicted octanol–water partition coefficient (Wildman–Crippen LogP) is 3.00. The highest BCUT2D eigenvalue weighted by Crippen LogP contribution is 2.38. The molecule has 0 aliphatic carbocycles. The highest BCUT2D eigenvalue weighted by atomic mass is 16.7. The molecule has 9 heteroatoms. The standard InChI is InChI=1S/C20H20N2O7/c1-19(2)28-17(23)20(18(24)29-19,11-13-3-7-15(21-25)8-4-13)12-14-5-9-16(10-6-14)22(26)27/h3-10,21,25H,11-12H2,1-2H3. The van der Waals surface area contributed by atoms with Gasteiger partial charge in [0.15, 0.2) is 5.41 Å². The van der Waals surface area contributed by atoms with E-state index in [-0.39, 0.29) is 18.5 Å². The first-order valence-electron chi connectivity index (χ1n) is 8.84. The fourth-order valence-corrected chi connectivity index (χ4v) is 3.23. The number of carbonyl (C=O) groups excluding carboxylic acids is 2. The van der Waals surface area contributed by atoms with Crippen LogP contribution < -0.4 is 5.48 Å². The zero-order valence-electron chi connectivity index (χ0n) is 15.9. The van der Waals surface area contributed by atoms with Crippen LogP contribution in [0.15, 0.2) is 48.5 Å². The Hall–Kier alpha value is -3.46. The fraction of sp³-hybridized carbons (Fsp3) is 0.300. The van der Waals surface area contributed by atoms with Crippen molar-refractivity contribution in [3.8, 4) is 0 Å². The number of nitrogens with zero attached hydrogens (tertiary/aromatic N) is 1. The molecular formula is C20H20N2O7. The number of ether oxygens (including phenoxy) is 2. The van der Waals surface area contributed by atoms with Crippen molar-refractivity contribution in [2.45, 2.75) is 32.5 Å². The van der Waals surface area contributed by atoms with Crippen molar-refractivity contribution in [2.24, 2.45) is 5.41 Å². The number of hydrogen-bond donors (Lipinski definition) is 2. The summed E-state index contributed by atoms with van der Waals surface area (Å²) in [5.74, 6) is -2.82. The lowest BCUT2D eigenvalue weighted by atomic mass is 9.75. The Labute approximate surface area is 166 Å². The number of nitro benzene ring substituents is 1. The fourth-order valence-electron chi connectivity index (χ4n) is 3.23. The van der Waals surface area contributed by atoms with Crippen LogP contribution in [-0.2, 0) is 31.9 Å². The lowest BCUT2D eigenvalue weighted by molar-refractivity contribution is -0.384. The van der Waals surface area contributed by atoms with Crippen molar-refractivity contribution in [1.82, 2.24) is 0 Å². The number of hydrogen-bond acceptors (Lipinski definition) is 8. The van der Waals surface area contributed by atoms with E-state index in [4.69, 9.17) is 14.7 Å². The third-order valence-corrected chi connectivity index (χ3v) is 4.70. The Balaban J connectivity index is 1.97. The summed E-state index contributed by atoms with van der Waals surface area (Å²) in [6, 6.07) is 12.1. The molecule has 29 heavy (non-hydrogen) atoms. The maximum absolute atomic E-state index is 13.0. The lowest BCUT2D eigenvalue weighted by Crippen LogP contribution is -2.56. The summed E-state index contributed by atoms with van der Waals surface area (Å²) >= 11 is 0. The van der Waals surface area contributed by atoms with E-state index in [1.165, 1.54) is 38.1 Å². The van der Waals surface area contributed by atoms with Crippen LogP contribution in [0.2, 0.25) is 0 Å². The van der Waals surface area contributed by atoms with Crippen LogP contribution in [-0.4, -0.2) is 27.9 Å². The van der Waals surface area contributed by atoms with Crippen LogP contribution in [0.4, 0.5) is 11.4 Å². The summed E-state index contributed by atoms with van der Waals surface area (Å²) in [6.07, 6.45) is -0.0395. The van der Waals surface area contributed by atoms with Gasteiger partial charge >= 0.3 is 11.9 Å². The van der Waals surface area contributed by atoms with Gasteiger partial charge in [-0.1, -0.05) is 24.3 Å². The summed E-state index contributed by atoms with van der Waals surface area (Å²) in [7, 11) is 0. The van der Waals surface area contributed by atoms with E-state index in [1.807, 2.05) is 5.48 Å². The van der Waals surface area contributed by atoms with E-state index >= 15 is 0 Å². The maximum atomic E-state index is 13.0. The molecule has 0 radical (unpaired) electrons. The first-order chi connectivity index (χ1) is 13.6. The van der Waals surface area contributed by atoms with Gasteiger partial charge in [0, 0.05) is 26.0 Å². The van der Waals surface area contributed by atoms with Gasteiger partial charge in [-0.2, -0.15) is 0 Å². The van der Waals surface area contributed by atoms with E-state index in [9.17, 15) is 19.7 Å². The molecule has 0 spiro atoms. The quantitative estimate of drug-likeness (QED) is 0.328. The Morgan fingerprint density at radius 2 is 1.38 bits per heavy atom. The molecule has 0 aromatic heterocycles. The molecule has 152 valence electrons. The molecule has 0 saturated carbocycles. The average molecular weight is 400 g/mol. The number of nitrogens with one attached hydrogen (secondary N) is 1. The molecule has 1 aliphatic heterocycles. The number of rotatable bonds is 6. The second-order valence-corrected chi connectivity index (χ2v) is 7.35. The van der Waals surface area contributed by atoms with Gasteiger partial charge in [0.1, 0.15) is 0 Å². The van der Waals surface area contributed by atoms with Crippen molar-refractivity contribution in [1.29, 1.82) is 0 Å². The molecule has 2 N–H and O–H groups in total. The molecule has 0 atom stereocenters. The maximum Gasteiger partial charge on any atom is 0.327 e. The van der Waals surface area contributed by atoms with Gasteiger partial charge in [0.2, 0.25) is 0 Å². The number of anilines is 1. The molecule has 3 rings (SSSR count). The second kappa shape index (κ2) is 7.51. The first-order valence-corrected chi connectivity index (χ1v) is 8.84. The smallest absolute Gasteiger partial charge is 0.327 e. The van der Waals surface area contributed by atoms with E-state index in [1.54, 1.807) is 24.3 Å². The molecule has 0 bridgehead atoms. The largest absolute Gasteiger partial charge is 0.422 e. The normalized spacial score (nSPS) is 17.2. The zero-order chi connectivity index (χ0) is 21.2. The Morgan fingerprint density at radius 1 is 0.931 bits per heavy atom. The molecule has 2 aromatic carbocycles. The van der Waals surface area contributed by atoms with Gasteiger partial charge in [-0.3, -0.25) is 30.4 Å². The SMILES string of the molecule is CC1(C)OC(=O)C(Cc2ccc(NO)cc2)(Cc2ccc([N+](=O)[O-])cc2)C(=O)O1. The molecule has 9 nitrogen and oxygen atoms in total. The van der Waals surface area contributed by atoms with Crippen molar-refractivity contribution in [2.75, 3.05) is 5.48 Å². The van der Waals surface area contributed by atoms with Gasteiger partial charge < -0.3 is 9.47 Å². The number of benzene rings is 2. The third kappa shape index (κ3) is 4.19. The molecule has 2 aromatic rings. The van der Waals surface area contributed by atoms with Gasteiger partial charge in [-0.15, -0.1) is 0 Å². The van der Waals surface area contributed by atoms with Gasteiger partial charge in [0.05, 0.1) is 10.6 Å². The minimum absolute atomic E-state index is 0.00342. The van der Waals surface area contributed by atoms with Crippen molar-refractivity contribution >= 4 is 23.3 Å². The Morgan fingerprint density at radius 3 is 1.79 bits per heavy atom. The zero-order valence-corrected chi connectivity index (χ0v) is 15.9. The minimum atomic E-state index is -1.64. The number of non-ortho nitro benzene ring substituents is 1. The number of cyclic esters (lactones) is 2. The highest BCUT2D eigenvalue weighted by Gasteiger charge is 2.56. The highest BCUT2D eigenvalue weighted by molar-refractivity contribution is 6.02. The van der Waals surface area contributed by atoms with Gasteiger partial charge in [-0.25, -0.2) is 0 Å². The van der Waals surface area contributed by atoms with E-state index in [0.29, 0.717) is 16.8 Å². The minimum Gasteiger partial charge on any atom is -0.422 e. The predicted molar refractivity (Wildman–Crippen MR) is 101 cm³/mol. The molecule has 1 fully saturated rings. The van der Waals surface area contributed by atoms with Gasteiger partial charge in [0.25, 0.3) is 11.5 Å². The van der Waals surface area contributed by atoms with Crippen LogP contribution in [0.1, 0.15) is 25.0 Å². The Bertz CT molecular complexity index is 916. The third-order valence-electron chi connectivity index (χ3n) is 4.70. The summed E-state index contributed by atoms with van der Waals surface area (Å²) in [6.45, 7) is 2.95. The van der Waals surface area contributed by atoms with E-state index < -0.39 is 28.1 Å². The molecule has 1 saturated heterocycles. The van der Waals surface area contributed by atoms with Crippen molar-refractivity contribution < 1.29 is 29.2 Å². The monoisotopic (exact) mass is 400 g/mol. The van der Waals surface area contributed by atoms with Crippen LogP contribution in [0.3, 0.4) is 0 Å². The average Bonchev–Trinajstić information content (AvgIpc) is 2.66. The number of esters is 2. The summed E-state index contributed by atoms with van der Waals surface area (Å²) in [4.78, 5) is 36.3. The number of carbonyl (C=O) groups is 2. The second-order valence-electron chi connectivity index (χ2n) is 7.35. The number of nitro groups is 1. The van der Waals surface area contributed by atoms with Crippen LogP contribution >= 0.6 is 0 Å². The van der Waals surface area contributed by atoms with Crippen LogP contribution in [0, 0.1) is 15.5 Å². The lowest BCUT2D eigenvalue weighted by Gasteiger charge is -2.40. The Kier molecular flexibility index (Phi) is 5.25. The summed E-state index contributed by atoms with van der Waals surface area (Å²) in [5.41, 5.74) is 1.94. The first kappa shape index (κ1) is 20.3. The van der Waals surface area contributed by atoms with Gasteiger partial charge in [-0.05, 0) is 36.1 Å². The molecule has 1 aliphatic rings. The topological polar surface area (TPSA) is 128 Å². The molecule has 1 heterocycles. The summed E-state index contributed by atoms with van der Waals surface area (Å²) < 4.78 is 10.7.